The Hall–Kier alpha value is -1.97. The summed E-state index contributed by atoms with van der Waals surface area (Å²) in [7, 11) is 0. The van der Waals surface area contributed by atoms with Crippen molar-refractivity contribution in [3.05, 3.63) is 64.4 Å². The Morgan fingerprint density at radius 3 is 2.76 bits per heavy atom. The van der Waals surface area contributed by atoms with Gasteiger partial charge in [-0.3, -0.25) is 0 Å². The van der Waals surface area contributed by atoms with Gasteiger partial charge < -0.3 is 14.9 Å². The van der Waals surface area contributed by atoms with Gasteiger partial charge >= 0.3 is 0 Å². The molecule has 0 amide bonds. The van der Waals surface area contributed by atoms with Gasteiger partial charge in [0.15, 0.2) is 0 Å². The minimum absolute atomic E-state index is 0.354. The largest absolute Gasteiger partial charge is 0.488 e. The molecule has 0 aliphatic carbocycles. The van der Waals surface area contributed by atoms with Crippen LogP contribution < -0.4 is 10.5 Å². The summed E-state index contributed by atoms with van der Waals surface area (Å²) in [6.07, 6.45) is 0. The van der Waals surface area contributed by atoms with E-state index in [4.69, 9.17) is 26.5 Å². The van der Waals surface area contributed by atoms with Crippen LogP contribution in [0.3, 0.4) is 0 Å². The van der Waals surface area contributed by atoms with Crippen LogP contribution in [-0.4, -0.2) is 0 Å². The molecule has 0 radical (unpaired) electrons. The molecule has 1 heterocycles. The molecule has 0 fully saturated rings. The van der Waals surface area contributed by atoms with E-state index in [0.29, 0.717) is 18.2 Å². The Morgan fingerprint density at radius 2 is 2.00 bits per heavy atom. The van der Waals surface area contributed by atoms with Crippen molar-refractivity contribution in [2.45, 2.75) is 20.1 Å². The molecule has 21 heavy (non-hydrogen) atoms. The molecule has 2 aromatic carbocycles. The summed E-state index contributed by atoms with van der Waals surface area (Å²) >= 11 is 5.96. The number of benzene rings is 2. The molecule has 2 N–H and O–H groups in total. The summed E-state index contributed by atoms with van der Waals surface area (Å²) in [4.78, 5) is 0. The standard InChI is InChI=1S/C17H16ClNO2/c1-11-8-12(18)6-7-15(11)20-10-14-13-4-2-3-5-16(13)21-17(14)9-19/h2-8H,9-10,19H2,1H3. The number of nitrogens with two attached hydrogens (primary N) is 1. The Balaban J connectivity index is 1.91. The molecule has 1 aromatic heterocycles. The van der Waals surface area contributed by atoms with Gasteiger partial charge in [-0.05, 0) is 36.8 Å². The molecule has 0 atom stereocenters. The van der Waals surface area contributed by atoms with Gasteiger partial charge in [-0.1, -0.05) is 29.8 Å². The topological polar surface area (TPSA) is 48.4 Å². The third-order valence-electron chi connectivity index (χ3n) is 3.48. The second-order valence-corrected chi connectivity index (χ2v) is 5.34. The van der Waals surface area contributed by atoms with Crippen LogP contribution in [0.25, 0.3) is 11.0 Å². The molecule has 4 heteroatoms. The van der Waals surface area contributed by atoms with E-state index in [-0.39, 0.29) is 0 Å². The number of furan rings is 1. The zero-order valence-electron chi connectivity index (χ0n) is 11.7. The second-order valence-electron chi connectivity index (χ2n) is 4.90. The fourth-order valence-electron chi connectivity index (χ4n) is 2.40. The summed E-state index contributed by atoms with van der Waals surface area (Å²) in [5.74, 6) is 1.58. The fourth-order valence-corrected chi connectivity index (χ4v) is 2.62. The summed E-state index contributed by atoms with van der Waals surface area (Å²) in [5.41, 5.74) is 8.61. The number of ether oxygens (including phenoxy) is 1. The van der Waals surface area contributed by atoms with Gasteiger partial charge in [-0.25, -0.2) is 0 Å². The number of para-hydroxylation sites is 1. The zero-order chi connectivity index (χ0) is 14.8. The van der Waals surface area contributed by atoms with Crippen molar-refractivity contribution in [3.63, 3.8) is 0 Å². The molecule has 0 spiro atoms. The van der Waals surface area contributed by atoms with Crippen LogP contribution in [0.1, 0.15) is 16.9 Å². The van der Waals surface area contributed by atoms with Crippen LogP contribution in [0, 0.1) is 6.92 Å². The minimum atomic E-state index is 0.354. The predicted octanol–water partition coefficient (Wildman–Crippen LogP) is 4.43. The lowest BCUT2D eigenvalue weighted by Gasteiger charge is -2.09. The van der Waals surface area contributed by atoms with Crippen molar-refractivity contribution in [3.8, 4) is 5.75 Å². The fraction of sp³-hybridized carbons (Fsp3) is 0.176. The smallest absolute Gasteiger partial charge is 0.134 e. The van der Waals surface area contributed by atoms with Crippen molar-refractivity contribution in [2.75, 3.05) is 0 Å². The monoisotopic (exact) mass is 301 g/mol. The van der Waals surface area contributed by atoms with E-state index in [1.807, 2.05) is 49.4 Å². The SMILES string of the molecule is Cc1cc(Cl)ccc1OCc1c(CN)oc2ccccc12. The summed E-state index contributed by atoms with van der Waals surface area (Å²) in [5, 5.41) is 1.75. The third kappa shape index (κ3) is 2.75. The quantitative estimate of drug-likeness (QED) is 0.775. The summed E-state index contributed by atoms with van der Waals surface area (Å²) in [6, 6.07) is 13.5. The molecule has 0 bridgehead atoms. The van der Waals surface area contributed by atoms with E-state index in [0.717, 1.165) is 33.6 Å². The Morgan fingerprint density at radius 1 is 1.19 bits per heavy atom. The van der Waals surface area contributed by atoms with Crippen LogP contribution in [-0.2, 0) is 13.2 Å². The maximum absolute atomic E-state index is 5.96. The highest BCUT2D eigenvalue weighted by molar-refractivity contribution is 6.30. The molecular weight excluding hydrogens is 286 g/mol. The first-order valence-corrected chi connectivity index (χ1v) is 7.15. The Bertz CT molecular complexity index is 780. The van der Waals surface area contributed by atoms with Crippen molar-refractivity contribution >= 4 is 22.6 Å². The van der Waals surface area contributed by atoms with Crippen molar-refractivity contribution < 1.29 is 9.15 Å². The van der Waals surface area contributed by atoms with Gasteiger partial charge in [0.2, 0.25) is 0 Å². The van der Waals surface area contributed by atoms with Gasteiger partial charge in [0.25, 0.3) is 0 Å². The van der Waals surface area contributed by atoms with Crippen LogP contribution in [0.2, 0.25) is 5.02 Å². The molecule has 0 aliphatic heterocycles. The highest BCUT2D eigenvalue weighted by atomic mass is 35.5. The van der Waals surface area contributed by atoms with Crippen LogP contribution in [0.4, 0.5) is 0 Å². The van der Waals surface area contributed by atoms with E-state index in [9.17, 15) is 0 Å². The van der Waals surface area contributed by atoms with Gasteiger partial charge in [0, 0.05) is 16.0 Å². The second kappa shape index (κ2) is 5.80. The van der Waals surface area contributed by atoms with Crippen molar-refractivity contribution in [1.82, 2.24) is 0 Å². The molecule has 3 nitrogen and oxygen atoms in total. The Labute approximate surface area is 128 Å². The molecule has 0 aliphatic rings. The normalized spacial score (nSPS) is 11.0. The van der Waals surface area contributed by atoms with Gasteiger partial charge in [0.1, 0.15) is 23.7 Å². The number of halogens is 1. The van der Waals surface area contributed by atoms with Gasteiger partial charge in [-0.15, -0.1) is 0 Å². The molecule has 3 aromatic rings. The number of fused-ring (bicyclic) bond motifs is 1. The predicted molar refractivity (Wildman–Crippen MR) is 84.6 cm³/mol. The number of aryl methyl sites for hydroxylation is 1. The average Bonchev–Trinajstić information content (AvgIpc) is 2.84. The van der Waals surface area contributed by atoms with E-state index >= 15 is 0 Å². The van der Waals surface area contributed by atoms with Crippen molar-refractivity contribution in [2.24, 2.45) is 5.73 Å². The number of hydrogen-bond donors (Lipinski definition) is 1. The molecule has 0 unspecified atom stereocenters. The first kappa shape index (κ1) is 14.0. The zero-order valence-corrected chi connectivity index (χ0v) is 12.5. The number of rotatable bonds is 4. The minimum Gasteiger partial charge on any atom is -0.488 e. The third-order valence-corrected chi connectivity index (χ3v) is 3.71. The molecular formula is C17H16ClNO2. The van der Waals surface area contributed by atoms with Gasteiger partial charge in [-0.2, -0.15) is 0 Å². The summed E-state index contributed by atoms with van der Waals surface area (Å²) in [6.45, 7) is 2.75. The average molecular weight is 302 g/mol. The van der Waals surface area contributed by atoms with E-state index in [1.165, 1.54) is 0 Å². The lowest BCUT2D eigenvalue weighted by molar-refractivity contribution is 0.301. The summed E-state index contributed by atoms with van der Waals surface area (Å²) < 4.78 is 11.7. The first-order valence-electron chi connectivity index (χ1n) is 6.77. The van der Waals surface area contributed by atoms with E-state index in [1.54, 1.807) is 0 Å². The molecule has 3 rings (SSSR count). The van der Waals surface area contributed by atoms with E-state index < -0.39 is 0 Å². The van der Waals surface area contributed by atoms with Gasteiger partial charge in [0.05, 0.1) is 6.54 Å². The van der Waals surface area contributed by atoms with Crippen LogP contribution in [0.15, 0.2) is 46.9 Å². The molecule has 108 valence electrons. The van der Waals surface area contributed by atoms with Crippen LogP contribution in [0.5, 0.6) is 5.75 Å². The lowest BCUT2D eigenvalue weighted by atomic mass is 10.1. The first-order chi connectivity index (χ1) is 10.2. The lowest BCUT2D eigenvalue weighted by Crippen LogP contribution is -2.03. The maximum Gasteiger partial charge on any atom is 0.134 e. The highest BCUT2D eigenvalue weighted by Gasteiger charge is 2.13. The molecule has 0 saturated carbocycles. The highest BCUT2D eigenvalue weighted by Crippen LogP contribution is 2.28. The maximum atomic E-state index is 5.96. The van der Waals surface area contributed by atoms with Crippen molar-refractivity contribution in [1.29, 1.82) is 0 Å². The molecule has 0 saturated heterocycles. The Kier molecular flexibility index (Phi) is 3.86. The number of hydrogen-bond acceptors (Lipinski definition) is 3. The van der Waals surface area contributed by atoms with Crippen LogP contribution >= 0.6 is 11.6 Å². The van der Waals surface area contributed by atoms with E-state index in [2.05, 4.69) is 0 Å².